The quantitative estimate of drug-likeness (QED) is 0.811. The van der Waals surface area contributed by atoms with Crippen molar-refractivity contribution in [2.45, 2.75) is 13.8 Å². The Morgan fingerprint density at radius 2 is 1.70 bits per heavy atom. The molecular formula is C16H21N3O4. The van der Waals surface area contributed by atoms with Crippen molar-refractivity contribution in [2.24, 2.45) is 0 Å². The lowest BCUT2D eigenvalue weighted by molar-refractivity contribution is -0.145. The van der Waals surface area contributed by atoms with Crippen LogP contribution in [0.4, 0.5) is 5.69 Å². The Labute approximate surface area is 135 Å². The van der Waals surface area contributed by atoms with Gasteiger partial charge in [-0.25, -0.2) is 0 Å². The van der Waals surface area contributed by atoms with Gasteiger partial charge in [-0.05, 0) is 24.6 Å². The van der Waals surface area contributed by atoms with E-state index < -0.39 is 11.8 Å². The van der Waals surface area contributed by atoms with Gasteiger partial charge >= 0.3 is 11.8 Å². The number of benzene rings is 1. The summed E-state index contributed by atoms with van der Waals surface area (Å²) in [6.45, 7) is 4.99. The summed E-state index contributed by atoms with van der Waals surface area (Å²) in [6, 6.07) is 5.34. The van der Waals surface area contributed by atoms with Gasteiger partial charge in [-0.1, -0.05) is 6.07 Å². The standard InChI is InChI=1S/C16H21N3O4/c1-11-4-5-14(23-3)13(10-11)17-15(21)16(22)19-8-6-18(7-9-19)12(2)20/h4-5,10H,6-9H2,1-3H3,(H,17,21). The largest absolute Gasteiger partial charge is 0.495 e. The normalized spacial score (nSPS) is 14.4. The molecule has 0 spiro atoms. The lowest BCUT2D eigenvalue weighted by Gasteiger charge is -2.33. The predicted molar refractivity (Wildman–Crippen MR) is 85.2 cm³/mol. The Morgan fingerprint density at radius 3 is 2.26 bits per heavy atom. The molecule has 1 aromatic rings. The fourth-order valence-corrected chi connectivity index (χ4v) is 2.46. The molecule has 23 heavy (non-hydrogen) atoms. The van der Waals surface area contributed by atoms with Crippen LogP contribution in [-0.4, -0.2) is 60.8 Å². The maximum absolute atomic E-state index is 12.2. The summed E-state index contributed by atoms with van der Waals surface area (Å²) in [4.78, 5) is 38.8. The zero-order chi connectivity index (χ0) is 17.0. The Morgan fingerprint density at radius 1 is 1.09 bits per heavy atom. The number of ether oxygens (including phenoxy) is 1. The average molecular weight is 319 g/mol. The lowest BCUT2D eigenvalue weighted by atomic mass is 10.2. The summed E-state index contributed by atoms with van der Waals surface area (Å²) in [5, 5.41) is 2.60. The van der Waals surface area contributed by atoms with E-state index in [0.29, 0.717) is 37.6 Å². The Hall–Kier alpha value is -2.57. The molecule has 0 aromatic heterocycles. The SMILES string of the molecule is COc1ccc(C)cc1NC(=O)C(=O)N1CCN(C(C)=O)CC1. The van der Waals surface area contributed by atoms with Crippen LogP contribution in [0.25, 0.3) is 0 Å². The van der Waals surface area contributed by atoms with Crippen LogP contribution in [0.15, 0.2) is 18.2 Å². The summed E-state index contributed by atoms with van der Waals surface area (Å²) >= 11 is 0. The zero-order valence-corrected chi connectivity index (χ0v) is 13.6. The van der Waals surface area contributed by atoms with Crippen molar-refractivity contribution in [3.8, 4) is 5.75 Å². The first-order valence-corrected chi connectivity index (χ1v) is 7.42. The number of nitrogens with one attached hydrogen (secondary N) is 1. The van der Waals surface area contributed by atoms with Gasteiger partial charge in [-0.3, -0.25) is 14.4 Å². The monoisotopic (exact) mass is 319 g/mol. The van der Waals surface area contributed by atoms with Crippen molar-refractivity contribution in [3.05, 3.63) is 23.8 Å². The van der Waals surface area contributed by atoms with Crippen LogP contribution in [0, 0.1) is 6.92 Å². The smallest absolute Gasteiger partial charge is 0.314 e. The molecule has 1 aliphatic heterocycles. The maximum atomic E-state index is 12.2. The van der Waals surface area contributed by atoms with Crippen molar-refractivity contribution in [3.63, 3.8) is 0 Å². The van der Waals surface area contributed by atoms with E-state index in [1.54, 1.807) is 17.0 Å². The van der Waals surface area contributed by atoms with Gasteiger partial charge in [0, 0.05) is 33.1 Å². The van der Waals surface area contributed by atoms with Gasteiger partial charge in [-0.15, -0.1) is 0 Å². The molecule has 1 aliphatic rings. The molecule has 2 rings (SSSR count). The second-order valence-electron chi connectivity index (χ2n) is 5.46. The van der Waals surface area contributed by atoms with Gasteiger partial charge in [0.25, 0.3) is 0 Å². The van der Waals surface area contributed by atoms with Crippen molar-refractivity contribution >= 4 is 23.4 Å². The zero-order valence-electron chi connectivity index (χ0n) is 13.6. The number of amides is 3. The number of carbonyl (C=O) groups is 3. The number of hydrogen-bond donors (Lipinski definition) is 1. The Kier molecular flexibility index (Phi) is 5.20. The lowest BCUT2D eigenvalue weighted by Crippen LogP contribution is -2.52. The van der Waals surface area contributed by atoms with Gasteiger partial charge in [0.05, 0.1) is 12.8 Å². The van der Waals surface area contributed by atoms with Gasteiger partial charge < -0.3 is 19.9 Å². The van der Waals surface area contributed by atoms with Gasteiger partial charge in [0.2, 0.25) is 5.91 Å². The highest BCUT2D eigenvalue weighted by molar-refractivity contribution is 6.39. The van der Waals surface area contributed by atoms with E-state index in [2.05, 4.69) is 5.32 Å². The molecular weight excluding hydrogens is 298 g/mol. The number of piperazine rings is 1. The van der Waals surface area contributed by atoms with E-state index in [1.165, 1.54) is 18.9 Å². The van der Waals surface area contributed by atoms with Crippen LogP contribution in [0.2, 0.25) is 0 Å². The van der Waals surface area contributed by atoms with Gasteiger partial charge in [0.15, 0.2) is 0 Å². The first kappa shape index (κ1) is 16.8. The minimum absolute atomic E-state index is 0.0222. The van der Waals surface area contributed by atoms with Gasteiger partial charge in [-0.2, -0.15) is 0 Å². The molecule has 1 saturated heterocycles. The first-order valence-electron chi connectivity index (χ1n) is 7.42. The molecule has 1 fully saturated rings. The molecule has 7 nitrogen and oxygen atoms in total. The summed E-state index contributed by atoms with van der Waals surface area (Å²) in [7, 11) is 1.50. The molecule has 0 saturated carbocycles. The second kappa shape index (κ2) is 7.13. The first-order chi connectivity index (χ1) is 10.9. The molecule has 1 heterocycles. The molecule has 1 aromatic carbocycles. The third-order valence-corrected chi connectivity index (χ3v) is 3.81. The number of carbonyl (C=O) groups excluding carboxylic acids is 3. The fraction of sp³-hybridized carbons (Fsp3) is 0.438. The van der Waals surface area contributed by atoms with Crippen molar-refractivity contribution < 1.29 is 19.1 Å². The number of nitrogens with zero attached hydrogens (tertiary/aromatic N) is 2. The molecule has 0 aliphatic carbocycles. The minimum atomic E-state index is -0.704. The Bertz CT molecular complexity index is 622. The number of aryl methyl sites for hydroxylation is 1. The van der Waals surface area contributed by atoms with E-state index in [0.717, 1.165) is 5.56 Å². The summed E-state index contributed by atoms with van der Waals surface area (Å²) in [5.41, 5.74) is 1.41. The molecule has 124 valence electrons. The van der Waals surface area contributed by atoms with Crippen molar-refractivity contribution in [2.75, 3.05) is 38.6 Å². The number of rotatable bonds is 2. The number of hydrogen-bond acceptors (Lipinski definition) is 4. The second-order valence-corrected chi connectivity index (χ2v) is 5.46. The van der Waals surface area contributed by atoms with Crippen molar-refractivity contribution in [1.82, 2.24) is 9.80 Å². The van der Waals surface area contributed by atoms with Crippen LogP contribution >= 0.6 is 0 Å². The highest BCUT2D eigenvalue weighted by Gasteiger charge is 2.27. The van der Waals surface area contributed by atoms with E-state index in [-0.39, 0.29) is 5.91 Å². The molecule has 0 radical (unpaired) electrons. The van der Waals surface area contributed by atoms with Crippen LogP contribution in [0.1, 0.15) is 12.5 Å². The highest BCUT2D eigenvalue weighted by Crippen LogP contribution is 2.25. The molecule has 0 unspecified atom stereocenters. The van der Waals surface area contributed by atoms with Crippen LogP contribution in [0.5, 0.6) is 5.75 Å². The van der Waals surface area contributed by atoms with Gasteiger partial charge in [0.1, 0.15) is 5.75 Å². The number of methoxy groups -OCH3 is 1. The van der Waals surface area contributed by atoms with Crippen molar-refractivity contribution in [1.29, 1.82) is 0 Å². The summed E-state index contributed by atoms with van der Waals surface area (Å²) in [5.74, 6) is -0.828. The van der Waals surface area contributed by atoms with Crippen LogP contribution in [-0.2, 0) is 14.4 Å². The third kappa shape index (κ3) is 4.00. The van der Waals surface area contributed by atoms with E-state index in [9.17, 15) is 14.4 Å². The molecule has 1 N–H and O–H groups in total. The molecule has 3 amide bonds. The number of anilines is 1. The fourth-order valence-electron chi connectivity index (χ4n) is 2.46. The van der Waals surface area contributed by atoms with Crippen LogP contribution in [0.3, 0.4) is 0 Å². The van der Waals surface area contributed by atoms with Crippen LogP contribution < -0.4 is 10.1 Å². The molecule has 0 bridgehead atoms. The third-order valence-electron chi connectivity index (χ3n) is 3.81. The maximum Gasteiger partial charge on any atom is 0.314 e. The van der Waals surface area contributed by atoms with E-state index >= 15 is 0 Å². The summed E-state index contributed by atoms with van der Waals surface area (Å²) in [6.07, 6.45) is 0. The highest BCUT2D eigenvalue weighted by atomic mass is 16.5. The van der Waals surface area contributed by atoms with E-state index in [1.807, 2.05) is 13.0 Å². The molecule has 7 heteroatoms. The minimum Gasteiger partial charge on any atom is -0.495 e. The summed E-state index contributed by atoms with van der Waals surface area (Å²) < 4.78 is 5.18. The topological polar surface area (TPSA) is 79.0 Å². The molecule has 0 atom stereocenters. The Balaban J connectivity index is 2.00. The average Bonchev–Trinajstić information content (AvgIpc) is 2.54. The predicted octanol–water partition coefficient (Wildman–Crippen LogP) is 0.633. The van der Waals surface area contributed by atoms with E-state index in [4.69, 9.17) is 4.74 Å².